The largest absolute Gasteiger partial charge is 0.497 e. The van der Waals surface area contributed by atoms with Crippen molar-refractivity contribution >= 4 is 10.9 Å². The lowest BCUT2D eigenvalue weighted by molar-refractivity contribution is 0.305. The maximum absolute atomic E-state index is 5.82. The summed E-state index contributed by atoms with van der Waals surface area (Å²) in [6.07, 6.45) is 1.79. The number of aromatic nitrogens is 1. The molecule has 0 aliphatic carbocycles. The maximum Gasteiger partial charge on any atom is 0.120 e. The van der Waals surface area contributed by atoms with E-state index < -0.39 is 0 Å². The number of ether oxygens (including phenoxy) is 2. The molecule has 0 radical (unpaired) electrons. The molecule has 1 heterocycles. The molecule has 0 saturated carbocycles. The van der Waals surface area contributed by atoms with Crippen LogP contribution in [0.1, 0.15) is 5.56 Å². The van der Waals surface area contributed by atoms with Gasteiger partial charge in [0.2, 0.25) is 0 Å². The quantitative estimate of drug-likeness (QED) is 0.718. The Morgan fingerprint density at radius 3 is 2.80 bits per heavy atom. The van der Waals surface area contributed by atoms with E-state index in [1.807, 2.05) is 54.6 Å². The first-order valence-corrected chi connectivity index (χ1v) is 6.46. The zero-order valence-corrected chi connectivity index (χ0v) is 11.2. The molecule has 0 unspecified atom stereocenters. The van der Waals surface area contributed by atoms with Crippen LogP contribution in [-0.4, -0.2) is 12.1 Å². The number of pyridine rings is 1. The number of fused-ring (bicyclic) bond motifs is 1. The van der Waals surface area contributed by atoms with Gasteiger partial charge in [0.1, 0.15) is 18.1 Å². The second kappa shape index (κ2) is 5.61. The zero-order chi connectivity index (χ0) is 13.8. The average Bonchev–Trinajstić information content (AvgIpc) is 2.53. The number of hydrogen-bond donors (Lipinski definition) is 0. The summed E-state index contributed by atoms with van der Waals surface area (Å²) in [5.41, 5.74) is 2.05. The highest BCUT2D eigenvalue weighted by atomic mass is 16.5. The molecule has 0 bridgehead atoms. The first-order chi connectivity index (χ1) is 9.85. The molecule has 0 fully saturated rings. The van der Waals surface area contributed by atoms with Crippen molar-refractivity contribution < 1.29 is 9.47 Å². The van der Waals surface area contributed by atoms with E-state index in [-0.39, 0.29) is 0 Å². The second-order valence-corrected chi connectivity index (χ2v) is 4.50. The Balaban J connectivity index is 1.76. The van der Waals surface area contributed by atoms with Crippen LogP contribution in [0.5, 0.6) is 11.5 Å². The van der Waals surface area contributed by atoms with Crippen LogP contribution in [0.3, 0.4) is 0 Å². The number of nitrogens with zero attached hydrogens (tertiary/aromatic N) is 1. The van der Waals surface area contributed by atoms with Gasteiger partial charge in [-0.1, -0.05) is 18.2 Å². The van der Waals surface area contributed by atoms with Crippen LogP contribution in [0.15, 0.2) is 60.8 Å². The fourth-order valence-corrected chi connectivity index (χ4v) is 2.07. The summed E-state index contributed by atoms with van der Waals surface area (Å²) >= 11 is 0. The maximum atomic E-state index is 5.82. The minimum Gasteiger partial charge on any atom is -0.497 e. The highest BCUT2D eigenvalue weighted by Crippen LogP contribution is 2.20. The lowest BCUT2D eigenvalue weighted by Gasteiger charge is -2.08. The summed E-state index contributed by atoms with van der Waals surface area (Å²) in [6, 6.07) is 17.7. The number of benzene rings is 2. The van der Waals surface area contributed by atoms with E-state index in [1.54, 1.807) is 13.3 Å². The van der Waals surface area contributed by atoms with Crippen LogP contribution in [0.4, 0.5) is 0 Å². The van der Waals surface area contributed by atoms with Gasteiger partial charge in [-0.05, 0) is 42.0 Å². The summed E-state index contributed by atoms with van der Waals surface area (Å²) in [4.78, 5) is 4.29. The van der Waals surface area contributed by atoms with Gasteiger partial charge in [-0.15, -0.1) is 0 Å². The molecular weight excluding hydrogens is 250 g/mol. The SMILES string of the molecule is COc1cccc(COc2ccc3ncccc3c2)c1. The van der Waals surface area contributed by atoms with Crippen molar-refractivity contribution in [2.45, 2.75) is 6.61 Å². The fraction of sp³-hybridized carbons (Fsp3) is 0.118. The van der Waals surface area contributed by atoms with Crippen LogP contribution >= 0.6 is 0 Å². The molecule has 0 N–H and O–H groups in total. The Hall–Kier alpha value is -2.55. The summed E-state index contributed by atoms with van der Waals surface area (Å²) in [5, 5.41) is 1.08. The Kier molecular flexibility index (Phi) is 3.50. The molecule has 3 heteroatoms. The van der Waals surface area contributed by atoms with Gasteiger partial charge >= 0.3 is 0 Å². The van der Waals surface area contributed by atoms with E-state index in [4.69, 9.17) is 9.47 Å². The van der Waals surface area contributed by atoms with Crippen LogP contribution in [-0.2, 0) is 6.61 Å². The van der Waals surface area contributed by atoms with Gasteiger partial charge < -0.3 is 9.47 Å². The second-order valence-electron chi connectivity index (χ2n) is 4.50. The molecule has 0 spiro atoms. The summed E-state index contributed by atoms with van der Waals surface area (Å²) in [6.45, 7) is 0.517. The predicted molar refractivity (Wildman–Crippen MR) is 79.1 cm³/mol. The van der Waals surface area contributed by atoms with E-state index >= 15 is 0 Å². The zero-order valence-electron chi connectivity index (χ0n) is 11.2. The van der Waals surface area contributed by atoms with E-state index in [1.165, 1.54) is 0 Å². The highest BCUT2D eigenvalue weighted by Gasteiger charge is 2.00. The van der Waals surface area contributed by atoms with E-state index in [2.05, 4.69) is 4.98 Å². The Morgan fingerprint density at radius 2 is 1.90 bits per heavy atom. The third kappa shape index (κ3) is 2.72. The smallest absolute Gasteiger partial charge is 0.120 e. The van der Waals surface area contributed by atoms with Crippen molar-refractivity contribution in [2.75, 3.05) is 7.11 Å². The Labute approximate surface area is 117 Å². The topological polar surface area (TPSA) is 31.4 Å². The van der Waals surface area contributed by atoms with Crippen molar-refractivity contribution in [3.8, 4) is 11.5 Å². The van der Waals surface area contributed by atoms with Crippen molar-refractivity contribution in [1.82, 2.24) is 4.98 Å². The molecule has 20 heavy (non-hydrogen) atoms. The highest BCUT2D eigenvalue weighted by molar-refractivity contribution is 5.79. The van der Waals surface area contributed by atoms with Gasteiger partial charge in [-0.3, -0.25) is 4.98 Å². The summed E-state index contributed by atoms with van der Waals surface area (Å²) < 4.78 is 11.0. The molecule has 1 aromatic heterocycles. The van der Waals surface area contributed by atoms with Crippen molar-refractivity contribution in [2.24, 2.45) is 0 Å². The third-order valence-corrected chi connectivity index (χ3v) is 3.11. The van der Waals surface area contributed by atoms with E-state index in [0.717, 1.165) is 28.0 Å². The molecule has 0 amide bonds. The minimum absolute atomic E-state index is 0.517. The van der Waals surface area contributed by atoms with Gasteiger partial charge in [0.15, 0.2) is 0 Å². The van der Waals surface area contributed by atoms with Gasteiger partial charge in [0.25, 0.3) is 0 Å². The van der Waals surface area contributed by atoms with E-state index in [9.17, 15) is 0 Å². The number of hydrogen-bond acceptors (Lipinski definition) is 3. The Bertz CT molecular complexity index is 725. The lowest BCUT2D eigenvalue weighted by atomic mass is 10.2. The van der Waals surface area contributed by atoms with Crippen molar-refractivity contribution in [3.63, 3.8) is 0 Å². The predicted octanol–water partition coefficient (Wildman–Crippen LogP) is 3.82. The van der Waals surface area contributed by atoms with Crippen molar-refractivity contribution in [1.29, 1.82) is 0 Å². The van der Waals surface area contributed by atoms with Crippen molar-refractivity contribution in [3.05, 3.63) is 66.4 Å². The minimum atomic E-state index is 0.517. The molecule has 3 nitrogen and oxygen atoms in total. The number of rotatable bonds is 4. The average molecular weight is 265 g/mol. The first-order valence-electron chi connectivity index (χ1n) is 6.46. The third-order valence-electron chi connectivity index (χ3n) is 3.11. The lowest BCUT2D eigenvalue weighted by Crippen LogP contribution is -1.96. The van der Waals surface area contributed by atoms with Crippen LogP contribution in [0, 0.1) is 0 Å². The standard InChI is InChI=1S/C17H15NO2/c1-19-15-6-2-4-13(10-15)12-20-16-7-8-17-14(11-16)5-3-9-18-17/h2-11H,12H2,1H3. The molecule has 0 atom stereocenters. The van der Waals surface area contributed by atoms with E-state index in [0.29, 0.717) is 6.61 Å². The Morgan fingerprint density at radius 1 is 0.950 bits per heavy atom. The molecule has 3 aromatic rings. The normalized spacial score (nSPS) is 10.4. The molecule has 0 aliphatic rings. The van der Waals surface area contributed by atoms with Crippen LogP contribution < -0.4 is 9.47 Å². The summed E-state index contributed by atoms with van der Waals surface area (Å²) in [7, 11) is 1.66. The van der Waals surface area contributed by atoms with Crippen LogP contribution in [0.2, 0.25) is 0 Å². The fourth-order valence-electron chi connectivity index (χ4n) is 2.07. The monoisotopic (exact) mass is 265 g/mol. The molecule has 3 rings (SSSR count). The molecule has 0 aliphatic heterocycles. The van der Waals surface area contributed by atoms with Gasteiger partial charge in [0, 0.05) is 11.6 Å². The summed E-state index contributed by atoms with van der Waals surface area (Å²) in [5.74, 6) is 1.68. The van der Waals surface area contributed by atoms with Crippen LogP contribution in [0.25, 0.3) is 10.9 Å². The first kappa shape index (κ1) is 12.5. The number of methoxy groups -OCH3 is 1. The molecule has 0 saturated heterocycles. The molecule has 2 aromatic carbocycles. The molecular formula is C17H15NO2. The molecule has 100 valence electrons. The van der Waals surface area contributed by atoms with Gasteiger partial charge in [0.05, 0.1) is 12.6 Å². The van der Waals surface area contributed by atoms with Gasteiger partial charge in [-0.25, -0.2) is 0 Å². The van der Waals surface area contributed by atoms with Gasteiger partial charge in [-0.2, -0.15) is 0 Å².